The first-order valence-electron chi connectivity index (χ1n) is 7.27. The van der Waals surface area contributed by atoms with Crippen LogP contribution >= 0.6 is 15.9 Å². The number of nitrogens with one attached hydrogen (secondary N) is 1. The molecule has 1 aromatic rings. The summed E-state index contributed by atoms with van der Waals surface area (Å²) >= 11 is 3.40. The van der Waals surface area contributed by atoms with Gasteiger partial charge in [0.25, 0.3) is 0 Å². The Balaban J connectivity index is 1.83. The summed E-state index contributed by atoms with van der Waals surface area (Å²) in [6.07, 6.45) is 0.741. The molecule has 5 heteroatoms. The van der Waals surface area contributed by atoms with Gasteiger partial charge in [-0.05, 0) is 30.5 Å². The minimum atomic E-state index is -0.934. The third-order valence-corrected chi connectivity index (χ3v) is 4.71. The van der Waals surface area contributed by atoms with Gasteiger partial charge in [0.05, 0.1) is 6.10 Å². The van der Waals surface area contributed by atoms with Gasteiger partial charge in [-0.15, -0.1) is 0 Å². The van der Waals surface area contributed by atoms with E-state index < -0.39 is 5.60 Å². The number of benzene rings is 1. The summed E-state index contributed by atoms with van der Waals surface area (Å²) in [5.74, 6) is 0.0999. The summed E-state index contributed by atoms with van der Waals surface area (Å²) in [7, 11) is 0. The number of amides is 1. The molecule has 1 aromatic carbocycles. The number of rotatable bonds is 5. The van der Waals surface area contributed by atoms with Crippen molar-refractivity contribution >= 4 is 21.8 Å². The van der Waals surface area contributed by atoms with Crippen molar-refractivity contribution in [3.05, 3.63) is 34.3 Å². The Morgan fingerprint density at radius 1 is 1.52 bits per heavy atom. The molecule has 1 fully saturated rings. The van der Waals surface area contributed by atoms with Gasteiger partial charge in [0.15, 0.2) is 0 Å². The van der Waals surface area contributed by atoms with E-state index in [2.05, 4.69) is 21.2 Å². The Labute approximate surface area is 134 Å². The maximum atomic E-state index is 12.0. The zero-order chi connectivity index (χ0) is 15.5. The van der Waals surface area contributed by atoms with Crippen LogP contribution in [0.1, 0.15) is 38.2 Å². The number of hydrogen-bond donors (Lipinski definition) is 2. The molecular weight excluding hydrogens is 334 g/mol. The van der Waals surface area contributed by atoms with E-state index >= 15 is 0 Å². The number of hydrogen-bond acceptors (Lipinski definition) is 3. The topological polar surface area (TPSA) is 58.6 Å². The van der Waals surface area contributed by atoms with Crippen LogP contribution in [-0.4, -0.2) is 35.9 Å². The van der Waals surface area contributed by atoms with Gasteiger partial charge in [0.1, 0.15) is 5.60 Å². The van der Waals surface area contributed by atoms with Gasteiger partial charge in [0, 0.05) is 30.5 Å². The maximum Gasteiger partial charge on any atom is 0.220 e. The predicted molar refractivity (Wildman–Crippen MR) is 85.2 cm³/mol. The lowest BCUT2D eigenvalue weighted by molar-refractivity contribution is -0.123. The molecule has 0 bridgehead atoms. The summed E-state index contributed by atoms with van der Waals surface area (Å²) < 4.78 is 6.38. The first-order chi connectivity index (χ1) is 9.90. The molecule has 116 valence electrons. The van der Waals surface area contributed by atoms with E-state index in [0.29, 0.717) is 19.4 Å². The Kier molecular flexibility index (Phi) is 5.41. The molecule has 0 radical (unpaired) electrons. The predicted octanol–water partition coefficient (Wildman–Crippen LogP) is 2.60. The fourth-order valence-electron chi connectivity index (χ4n) is 2.51. The van der Waals surface area contributed by atoms with E-state index in [1.165, 1.54) is 0 Å². The number of ether oxygens (including phenoxy) is 1. The zero-order valence-electron chi connectivity index (χ0n) is 12.4. The van der Waals surface area contributed by atoms with E-state index in [1.807, 2.05) is 38.1 Å². The second-order valence-electron chi connectivity index (χ2n) is 5.80. The molecule has 2 rings (SSSR count). The lowest BCUT2D eigenvalue weighted by Gasteiger charge is -2.26. The van der Waals surface area contributed by atoms with Crippen LogP contribution in [0.2, 0.25) is 0 Å². The van der Waals surface area contributed by atoms with E-state index in [0.717, 1.165) is 10.0 Å². The lowest BCUT2D eigenvalue weighted by atomic mass is 9.95. The second-order valence-corrected chi connectivity index (χ2v) is 6.72. The highest BCUT2D eigenvalue weighted by Gasteiger charge is 2.39. The quantitative estimate of drug-likeness (QED) is 0.853. The molecule has 0 saturated carbocycles. The summed E-state index contributed by atoms with van der Waals surface area (Å²) in [5.41, 5.74) is 0.195. The molecular formula is C16H22BrNO3. The first kappa shape index (κ1) is 16.5. The summed E-state index contributed by atoms with van der Waals surface area (Å²) in [6.45, 7) is 4.66. The van der Waals surface area contributed by atoms with Crippen LogP contribution in [0, 0.1) is 0 Å². The highest BCUT2D eigenvalue weighted by molar-refractivity contribution is 9.10. The number of carbonyl (C=O) groups is 1. The second kappa shape index (κ2) is 6.90. The highest BCUT2D eigenvalue weighted by Crippen LogP contribution is 2.25. The van der Waals surface area contributed by atoms with Gasteiger partial charge in [-0.3, -0.25) is 4.79 Å². The molecule has 1 aliphatic heterocycles. The Bertz CT molecular complexity index is 491. The minimum Gasteiger partial charge on any atom is -0.385 e. The Hall–Kier alpha value is -0.910. The maximum absolute atomic E-state index is 12.0. The zero-order valence-corrected chi connectivity index (χ0v) is 14.0. The Morgan fingerprint density at radius 3 is 2.76 bits per heavy atom. The van der Waals surface area contributed by atoms with E-state index in [-0.39, 0.29) is 24.5 Å². The van der Waals surface area contributed by atoms with Gasteiger partial charge in [-0.25, -0.2) is 0 Å². The van der Waals surface area contributed by atoms with E-state index in [1.54, 1.807) is 0 Å². The van der Waals surface area contributed by atoms with Gasteiger partial charge < -0.3 is 15.2 Å². The van der Waals surface area contributed by atoms with Gasteiger partial charge in [0.2, 0.25) is 5.91 Å². The molecule has 0 aromatic heterocycles. The molecule has 21 heavy (non-hydrogen) atoms. The van der Waals surface area contributed by atoms with Crippen LogP contribution in [0.4, 0.5) is 0 Å². The molecule has 1 saturated heterocycles. The molecule has 2 N–H and O–H groups in total. The van der Waals surface area contributed by atoms with Crippen molar-refractivity contribution in [2.45, 2.75) is 44.3 Å². The van der Waals surface area contributed by atoms with Crippen molar-refractivity contribution in [1.82, 2.24) is 5.32 Å². The number of carbonyl (C=O) groups excluding carboxylic acids is 1. The lowest BCUT2D eigenvalue weighted by Crippen LogP contribution is -2.47. The van der Waals surface area contributed by atoms with Gasteiger partial charge >= 0.3 is 0 Å². The van der Waals surface area contributed by atoms with Crippen molar-refractivity contribution in [2.24, 2.45) is 0 Å². The molecule has 0 aliphatic carbocycles. The highest BCUT2D eigenvalue weighted by atomic mass is 79.9. The van der Waals surface area contributed by atoms with Crippen molar-refractivity contribution in [1.29, 1.82) is 0 Å². The summed E-state index contributed by atoms with van der Waals surface area (Å²) in [6, 6.07) is 7.99. The van der Waals surface area contributed by atoms with Crippen LogP contribution in [-0.2, 0) is 9.53 Å². The molecule has 1 heterocycles. The smallest absolute Gasteiger partial charge is 0.220 e. The van der Waals surface area contributed by atoms with Crippen molar-refractivity contribution in [3.63, 3.8) is 0 Å². The fraction of sp³-hybridized carbons (Fsp3) is 0.562. The number of aliphatic hydroxyl groups is 1. The molecule has 4 nitrogen and oxygen atoms in total. The molecule has 1 aliphatic rings. The average Bonchev–Trinajstić information content (AvgIpc) is 2.78. The van der Waals surface area contributed by atoms with Gasteiger partial charge in [-0.2, -0.15) is 0 Å². The third kappa shape index (κ3) is 4.28. The Morgan fingerprint density at radius 2 is 2.19 bits per heavy atom. The first-order valence-corrected chi connectivity index (χ1v) is 8.06. The molecule has 3 unspecified atom stereocenters. The van der Waals surface area contributed by atoms with Crippen LogP contribution in [0.5, 0.6) is 0 Å². The van der Waals surface area contributed by atoms with Gasteiger partial charge in [-0.1, -0.05) is 35.0 Å². The standard InChI is InChI=1S/C16H22BrNO3/c1-11(13-3-5-14(17)6-4-13)9-15(19)18-10-16(20)7-8-21-12(16)2/h3-6,11-12,20H,7-10H2,1-2H3,(H,18,19). The van der Waals surface area contributed by atoms with Crippen LogP contribution < -0.4 is 5.32 Å². The van der Waals surface area contributed by atoms with Crippen molar-refractivity contribution in [2.75, 3.05) is 13.2 Å². The average molecular weight is 356 g/mol. The molecule has 3 atom stereocenters. The summed E-state index contributed by atoms with van der Waals surface area (Å²) in [4.78, 5) is 12.0. The molecule has 1 amide bonds. The fourth-order valence-corrected chi connectivity index (χ4v) is 2.78. The summed E-state index contributed by atoms with van der Waals surface area (Å²) in [5, 5.41) is 13.2. The van der Waals surface area contributed by atoms with Crippen molar-refractivity contribution in [3.8, 4) is 0 Å². The normalized spacial score (nSPS) is 26.6. The van der Waals surface area contributed by atoms with Crippen LogP contribution in [0.15, 0.2) is 28.7 Å². The SMILES string of the molecule is CC(CC(=O)NCC1(O)CCOC1C)c1ccc(Br)cc1. The van der Waals surface area contributed by atoms with Crippen LogP contribution in [0.3, 0.4) is 0 Å². The molecule has 0 spiro atoms. The third-order valence-electron chi connectivity index (χ3n) is 4.18. The van der Waals surface area contributed by atoms with Crippen LogP contribution in [0.25, 0.3) is 0 Å². The van der Waals surface area contributed by atoms with E-state index in [4.69, 9.17) is 4.74 Å². The largest absolute Gasteiger partial charge is 0.385 e. The van der Waals surface area contributed by atoms with E-state index in [9.17, 15) is 9.90 Å². The number of halogens is 1. The monoisotopic (exact) mass is 355 g/mol. The minimum absolute atomic E-state index is 0.0436. The van der Waals surface area contributed by atoms with Crippen molar-refractivity contribution < 1.29 is 14.6 Å².